The topological polar surface area (TPSA) is 38.1 Å². The molecule has 1 heterocycles. The maximum absolute atomic E-state index is 14.0. The van der Waals surface area contributed by atoms with Crippen molar-refractivity contribution in [1.29, 1.82) is 0 Å². The maximum Gasteiger partial charge on any atom is 0.434 e. The third-order valence-electron chi connectivity index (χ3n) is 4.06. The fraction of sp³-hybridized carbons (Fsp3) is 0.158. The number of hydrogen-bond acceptors (Lipinski definition) is 2. The molecule has 1 amide bonds. The summed E-state index contributed by atoms with van der Waals surface area (Å²) >= 11 is 0. The third-order valence-corrected chi connectivity index (χ3v) is 4.06. The Morgan fingerprint density at radius 2 is 1.64 bits per heavy atom. The highest BCUT2D eigenvalue weighted by Crippen LogP contribution is 2.34. The van der Waals surface area contributed by atoms with Crippen LogP contribution in [-0.2, 0) is 12.7 Å². The number of rotatable bonds is 4. The lowest BCUT2D eigenvalue weighted by Crippen LogP contribution is -2.29. The number of benzene rings is 2. The molecule has 0 aliphatic rings. The summed E-state index contributed by atoms with van der Waals surface area (Å²) in [6, 6.07) is 10.4. The van der Waals surface area contributed by atoms with Gasteiger partial charge in [0, 0.05) is 19.2 Å². The van der Waals surface area contributed by atoms with E-state index in [1.807, 2.05) is 0 Å². The molecule has 0 saturated heterocycles. The van der Waals surface area contributed by atoms with Crippen molar-refractivity contribution in [2.24, 2.45) is 0 Å². The van der Waals surface area contributed by atoms with Crippen LogP contribution in [-0.4, -0.2) is 27.6 Å². The van der Waals surface area contributed by atoms with Crippen LogP contribution in [0.25, 0.3) is 5.69 Å². The summed E-state index contributed by atoms with van der Waals surface area (Å²) in [6.45, 7) is -0.242. The SMILES string of the molecule is CN(Cc1ccccc1F)C(=O)c1cnn(-c2ccccc2F)c1C(F)(F)F. The van der Waals surface area contributed by atoms with Crippen molar-refractivity contribution >= 4 is 5.91 Å². The monoisotopic (exact) mass is 395 g/mol. The molecular formula is C19H14F5N3O. The van der Waals surface area contributed by atoms with E-state index >= 15 is 0 Å². The summed E-state index contributed by atoms with van der Waals surface area (Å²) in [5, 5.41) is 3.58. The van der Waals surface area contributed by atoms with Crippen LogP contribution in [0.4, 0.5) is 22.0 Å². The van der Waals surface area contributed by atoms with E-state index < -0.39 is 40.7 Å². The van der Waals surface area contributed by atoms with Gasteiger partial charge in [-0.05, 0) is 18.2 Å². The van der Waals surface area contributed by atoms with Crippen molar-refractivity contribution in [2.45, 2.75) is 12.7 Å². The Balaban J connectivity index is 2.01. The first kappa shape index (κ1) is 19.5. The molecule has 0 unspecified atom stereocenters. The van der Waals surface area contributed by atoms with E-state index in [0.29, 0.717) is 4.68 Å². The third kappa shape index (κ3) is 3.73. The first-order valence-electron chi connectivity index (χ1n) is 8.09. The fourth-order valence-corrected chi connectivity index (χ4v) is 2.74. The van der Waals surface area contributed by atoms with Gasteiger partial charge in [-0.15, -0.1) is 0 Å². The molecule has 2 aromatic carbocycles. The van der Waals surface area contributed by atoms with E-state index in [2.05, 4.69) is 5.10 Å². The van der Waals surface area contributed by atoms with Crippen LogP contribution < -0.4 is 0 Å². The second-order valence-electron chi connectivity index (χ2n) is 6.02. The number of amides is 1. The predicted octanol–water partition coefficient (Wildman–Crippen LogP) is 4.44. The van der Waals surface area contributed by atoms with E-state index in [9.17, 15) is 26.7 Å². The minimum atomic E-state index is -4.97. The highest BCUT2D eigenvalue weighted by Gasteiger charge is 2.41. The van der Waals surface area contributed by atoms with Gasteiger partial charge >= 0.3 is 6.18 Å². The number of hydrogen-bond donors (Lipinski definition) is 0. The van der Waals surface area contributed by atoms with E-state index in [0.717, 1.165) is 23.2 Å². The lowest BCUT2D eigenvalue weighted by Gasteiger charge is -2.19. The number of carbonyl (C=O) groups excluding carboxylic acids is 1. The summed E-state index contributed by atoms with van der Waals surface area (Å²) in [5.74, 6) is -2.52. The Morgan fingerprint density at radius 1 is 1.04 bits per heavy atom. The van der Waals surface area contributed by atoms with Gasteiger partial charge in [0.05, 0.1) is 11.8 Å². The minimum absolute atomic E-state index is 0.147. The maximum atomic E-state index is 14.0. The van der Waals surface area contributed by atoms with Crippen LogP contribution in [0.1, 0.15) is 21.6 Å². The molecule has 0 aliphatic carbocycles. The standard InChI is InChI=1S/C19H14F5N3O/c1-26(11-12-6-2-3-7-14(12)20)18(28)13-10-25-27(17(13)19(22,23)24)16-9-5-4-8-15(16)21/h2-10H,11H2,1H3. The average Bonchev–Trinajstić information content (AvgIpc) is 3.08. The van der Waals surface area contributed by atoms with Crippen molar-refractivity contribution in [3.05, 3.63) is 83.2 Å². The first-order chi connectivity index (χ1) is 13.2. The van der Waals surface area contributed by atoms with Gasteiger partial charge in [-0.3, -0.25) is 4.79 Å². The van der Waals surface area contributed by atoms with E-state index in [-0.39, 0.29) is 12.1 Å². The Morgan fingerprint density at radius 3 is 2.25 bits per heavy atom. The molecule has 1 aromatic heterocycles. The summed E-state index contributed by atoms with van der Waals surface area (Å²) in [5.41, 5.74) is -2.45. The van der Waals surface area contributed by atoms with Gasteiger partial charge < -0.3 is 4.90 Å². The smallest absolute Gasteiger partial charge is 0.337 e. The average molecular weight is 395 g/mol. The molecule has 0 aliphatic heterocycles. The molecule has 0 radical (unpaired) electrons. The molecule has 0 bridgehead atoms. The fourth-order valence-electron chi connectivity index (χ4n) is 2.74. The molecule has 0 spiro atoms. The number of para-hydroxylation sites is 1. The van der Waals surface area contributed by atoms with Crippen LogP contribution in [0.15, 0.2) is 54.7 Å². The summed E-state index contributed by atoms with van der Waals surface area (Å²) < 4.78 is 69.1. The number of nitrogens with zero attached hydrogens (tertiary/aromatic N) is 3. The molecule has 0 N–H and O–H groups in total. The van der Waals surface area contributed by atoms with Gasteiger partial charge in [0.1, 0.15) is 17.3 Å². The zero-order valence-corrected chi connectivity index (χ0v) is 14.5. The van der Waals surface area contributed by atoms with Crippen LogP contribution in [0.5, 0.6) is 0 Å². The summed E-state index contributed by atoms with van der Waals surface area (Å²) in [7, 11) is 1.25. The highest BCUT2D eigenvalue weighted by molar-refractivity contribution is 5.95. The number of aromatic nitrogens is 2. The summed E-state index contributed by atoms with van der Waals surface area (Å²) in [4.78, 5) is 13.6. The van der Waals surface area contributed by atoms with E-state index in [1.54, 1.807) is 6.07 Å². The normalized spacial score (nSPS) is 11.5. The van der Waals surface area contributed by atoms with Crippen molar-refractivity contribution in [1.82, 2.24) is 14.7 Å². The lowest BCUT2D eigenvalue weighted by molar-refractivity contribution is -0.143. The van der Waals surface area contributed by atoms with Gasteiger partial charge in [-0.1, -0.05) is 30.3 Å². The second-order valence-corrected chi connectivity index (χ2v) is 6.02. The van der Waals surface area contributed by atoms with Crippen LogP contribution in [0, 0.1) is 11.6 Å². The molecule has 0 atom stereocenters. The van der Waals surface area contributed by atoms with Crippen LogP contribution in [0.2, 0.25) is 0 Å². The van der Waals surface area contributed by atoms with E-state index in [1.165, 1.54) is 37.4 Å². The van der Waals surface area contributed by atoms with Crippen molar-refractivity contribution in [3.8, 4) is 5.69 Å². The number of halogens is 5. The molecular weight excluding hydrogens is 381 g/mol. The quantitative estimate of drug-likeness (QED) is 0.613. The van der Waals surface area contributed by atoms with Crippen molar-refractivity contribution in [3.63, 3.8) is 0 Å². The first-order valence-corrected chi connectivity index (χ1v) is 8.09. The molecule has 4 nitrogen and oxygen atoms in total. The van der Waals surface area contributed by atoms with E-state index in [4.69, 9.17) is 0 Å². The van der Waals surface area contributed by atoms with Crippen LogP contribution in [0.3, 0.4) is 0 Å². The zero-order chi connectivity index (χ0) is 20.5. The Labute approximate surface area is 156 Å². The molecule has 28 heavy (non-hydrogen) atoms. The van der Waals surface area contributed by atoms with Gasteiger partial charge in [0.15, 0.2) is 5.69 Å². The zero-order valence-electron chi connectivity index (χ0n) is 14.5. The van der Waals surface area contributed by atoms with Crippen molar-refractivity contribution in [2.75, 3.05) is 7.05 Å². The largest absolute Gasteiger partial charge is 0.434 e. The van der Waals surface area contributed by atoms with Gasteiger partial charge in [-0.2, -0.15) is 18.3 Å². The van der Waals surface area contributed by atoms with Crippen molar-refractivity contribution < 1.29 is 26.7 Å². The predicted molar refractivity (Wildman–Crippen MR) is 90.7 cm³/mol. The molecule has 3 aromatic rings. The Bertz CT molecular complexity index is 1010. The van der Waals surface area contributed by atoms with Gasteiger partial charge in [-0.25, -0.2) is 13.5 Å². The number of carbonyl (C=O) groups is 1. The summed E-state index contributed by atoms with van der Waals surface area (Å²) in [6.07, 6.45) is -4.24. The van der Waals surface area contributed by atoms with Crippen LogP contribution >= 0.6 is 0 Å². The second kappa shape index (κ2) is 7.41. The van der Waals surface area contributed by atoms with Gasteiger partial charge in [0.2, 0.25) is 0 Å². The Hall–Kier alpha value is -3.23. The number of alkyl halides is 3. The highest BCUT2D eigenvalue weighted by atomic mass is 19.4. The molecule has 9 heteroatoms. The Kier molecular flexibility index (Phi) is 5.17. The lowest BCUT2D eigenvalue weighted by atomic mass is 10.1. The van der Waals surface area contributed by atoms with Gasteiger partial charge in [0.25, 0.3) is 5.91 Å². The molecule has 0 saturated carbocycles. The minimum Gasteiger partial charge on any atom is -0.337 e. The molecule has 0 fully saturated rings. The molecule has 3 rings (SSSR count). The molecule has 146 valence electrons.